The van der Waals surface area contributed by atoms with E-state index in [1.165, 1.54) is 12.8 Å². The van der Waals surface area contributed by atoms with E-state index in [0.717, 1.165) is 50.1 Å². The number of nitrogens with zero attached hydrogens (tertiary/aromatic N) is 4. The summed E-state index contributed by atoms with van der Waals surface area (Å²) >= 11 is 1.55. The molecule has 2 aliphatic heterocycles. The van der Waals surface area contributed by atoms with E-state index in [-0.39, 0.29) is 12.0 Å². The first-order valence-electron chi connectivity index (χ1n) is 9.25. The molecule has 3 fully saturated rings. The van der Waals surface area contributed by atoms with E-state index in [0.29, 0.717) is 18.4 Å². The van der Waals surface area contributed by atoms with Crippen molar-refractivity contribution in [1.82, 2.24) is 14.9 Å². The number of thioether (sulfide) groups is 1. The number of rotatable bonds is 3. The molecule has 7 heteroatoms. The number of fused-ring (bicyclic) bond motifs is 3. The average Bonchev–Trinajstić information content (AvgIpc) is 3.01. The van der Waals surface area contributed by atoms with Crippen LogP contribution in [0.15, 0.2) is 17.4 Å². The van der Waals surface area contributed by atoms with Crippen LogP contribution in [0.1, 0.15) is 25.7 Å². The van der Waals surface area contributed by atoms with E-state index in [1.54, 1.807) is 11.8 Å². The van der Waals surface area contributed by atoms with Gasteiger partial charge in [0.2, 0.25) is 5.91 Å². The SMILES string of the molecule is CSc1nccc(N2C[C@H]3COC[C@@H]2CN(C(=O)C2CCCC2)C3)n1. The lowest BCUT2D eigenvalue weighted by molar-refractivity contribution is -0.137. The molecule has 2 atom stereocenters. The van der Waals surface area contributed by atoms with Gasteiger partial charge < -0.3 is 14.5 Å². The molecule has 3 aliphatic rings. The van der Waals surface area contributed by atoms with Gasteiger partial charge in [-0.3, -0.25) is 4.79 Å². The quantitative estimate of drug-likeness (QED) is 0.606. The number of anilines is 1. The van der Waals surface area contributed by atoms with Crippen LogP contribution >= 0.6 is 11.8 Å². The molecular formula is C18H26N4O2S. The van der Waals surface area contributed by atoms with Crippen molar-refractivity contribution in [2.45, 2.75) is 36.9 Å². The summed E-state index contributed by atoms with van der Waals surface area (Å²) in [6, 6.07) is 2.14. The van der Waals surface area contributed by atoms with Crippen molar-refractivity contribution in [3.63, 3.8) is 0 Å². The van der Waals surface area contributed by atoms with Gasteiger partial charge in [0, 0.05) is 37.7 Å². The van der Waals surface area contributed by atoms with Crippen LogP contribution in [0, 0.1) is 11.8 Å². The molecule has 6 nitrogen and oxygen atoms in total. The number of carbonyl (C=O) groups excluding carboxylic acids is 1. The number of aromatic nitrogens is 2. The lowest BCUT2D eigenvalue weighted by Crippen LogP contribution is -2.47. The molecule has 25 heavy (non-hydrogen) atoms. The normalized spacial score (nSPS) is 27.4. The van der Waals surface area contributed by atoms with Gasteiger partial charge in [-0.05, 0) is 25.2 Å². The fraction of sp³-hybridized carbons (Fsp3) is 0.722. The average molecular weight is 362 g/mol. The van der Waals surface area contributed by atoms with Gasteiger partial charge in [-0.15, -0.1) is 0 Å². The molecule has 4 rings (SSSR count). The van der Waals surface area contributed by atoms with Gasteiger partial charge in [0.1, 0.15) is 5.82 Å². The molecule has 0 N–H and O–H groups in total. The zero-order valence-electron chi connectivity index (χ0n) is 14.8. The van der Waals surface area contributed by atoms with Crippen LogP contribution in [-0.4, -0.2) is 65.9 Å². The van der Waals surface area contributed by atoms with Crippen molar-refractivity contribution in [2.24, 2.45) is 11.8 Å². The van der Waals surface area contributed by atoms with E-state index in [2.05, 4.69) is 19.8 Å². The largest absolute Gasteiger partial charge is 0.379 e. The second kappa shape index (κ2) is 7.50. The maximum atomic E-state index is 13.0. The van der Waals surface area contributed by atoms with Gasteiger partial charge in [0.05, 0.1) is 19.3 Å². The highest BCUT2D eigenvalue weighted by Gasteiger charge is 2.38. The van der Waals surface area contributed by atoms with Crippen LogP contribution in [0.2, 0.25) is 0 Å². The lowest BCUT2D eigenvalue weighted by Gasteiger charge is -2.33. The number of hydrogen-bond donors (Lipinski definition) is 0. The third kappa shape index (κ3) is 3.62. The Morgan fingerprint density at radius 2 is 2.08 bits per heavy atom. The van der Waals surface area contributed by atoms with Crippen LogP contribution in [-0.2, 0) is 9.53 Å². The van der Waals surface area contributed by atoms with Crippen LogP contribution in [0.25, 0.3) is 0 Å². The molecule has 0 spiro atoms. The summed E-state index contributed by atoms with van der Waals surface area (Å²) in [6.07, 6.45) is 8.34. The number of hydrogen-bond acceptors (Lipinski definition) is 6. The first-order chi connectivity index (χ1) is 12.2. The van der Waals surface area contributed by atoms with E-state index in [4.69, 9.17) is 4.74 Å². The zero-order valence-corrected chi connectivity index (χ0v) is 15.6. The van der Waals surface area contributed by atoms with Crippen molar-refractivity contribution in [3.05, 3.63) is 12.3 Å². The predicted octanol–water partition coefficient (Wildman–Crippen LogP) is 2.05. The third-order valence-corrected chi connectivity index (χ3v) is 6.14. The van der Waals surface area contributed by atoms with Gasteiger partial charge in [-0.2, -0.15) is 0 Å². The van der Waals surface area contributed by atoms with Gasteiger partial charge in [-0.25, -0.2) is 9.97 Å². The molecule has 1 aromatic heterocycles. The first-order valence-corrected chi connectivity index (χ1v) is 10.5. The predicted molar refractivity (Wildman–Crippen MR) is 97.8 cm³/mol. The van der Waals surface area contributed by atoms with Crippen molar-refractivity contribution in [1.29, 1.82) is 0 Å². The topological polar surface area (TPSA) is 58.6 Å². The van der Waals surface area contributed by atoms with E-state index >= 15 is 0 Å². The highest BCUT2D eigenvalue weighted by molar-refractivity contribution is 7.98. The summed E-state index contributed by atoms with van der Waals surface area (Å²) in [7, 11) is 0. The molecule has 2 saturated heterocycles. The Morgan fingerprint density at radius 1 is 1.24 bits per heavy atom. The monoisotopic (exact) mass is 362 g/mol. The Morgan fingerprint density at radius 3 is 2.88 bits per heavy atom. The molecule has 0 unspecified atom stereocenters. The third-order valence-electron chi connectivity index (χ3n) is 5.58. The van der Waals surface area contributed by atoms with E-state index in [1.807, 2.05) is 18.5 Å². The van der Waals surface area contributed by atoms with Gasteiger partial charge >= 0.3 is 0 Å². The fourth-order valence-electron chi connectivity index (χ4n) is 4.32. The molecule has 1 aromatic rings. The summed E-state index contributed by atoms with van der Waals surface area (Å²) in [5.74, 6) is 1.90. The molecule has 136 valence electrons. The van der Waals surface area contributed by atoms with Crippen LogP contribution in [0.3, 0.4) is 0 Å². The minimum absolute atomic E-state index is 0.169. The van der Waals surface area contributed by atoms with Crippen molar-refractivity contribution < 1.29 is 9.53 Å². The number of carbonyl (C=O) groups is 1. The first kappa shape index (κ1) is 17.1. The summed E-state index contributed by atoms with van der Waals surface area (Å²) in [4.78, 5) is 26.4. The molecular weight excluding hydrogens is 336 g/mol. The molecule has 2 bridgehead atoms. The molecule has 0 radical (unpaired) electrons. The molecule has 1 aliphatic carbocycles. The Kier molecular flexibility index (Phi) is 5.12. The van der Waals surface area contributed by atoms with Crippen molar-refractivity contribution in [3.8, 4) is 0 Å². The maximum Gasteiger partial charge on any atom is 0.225 e. The maximum absolute atomic E-state index is 13.0. The Hall–Kier alpha value is -1.34. The van der Waals surface area contributed by atoms with Crippen molar-refractivity contribution >= 4 is 23.5 Å². The summed E-state index contributed by atoms with van der Waals surface area (Å²) in [5, 5.41) is 0.788. The Labute approximate surface area is 153 Å². The molecule has 1 saturated carbocycles. The van der Waals surface area contributed by atoms with Crippen LogP contribution in [0.5, 0.6) is 0 Å². The highest BCUT2D eigenvalue weighted by atomic mass is 32.2. The Bertz CT molecular complexity index is 623. The van der Waals surface area contributed by atoms with E-state index in [9.17, 15) is 4.79 Å². The fourth-order valence-corrected chi connectivity index (χ4v) is 4.68. The second-order valence-electron chi connectivity index (χ2n) is 7.34. The Balaban J connectivity index is 1.56. The summed E-state index contributed by atoms with van der Waals surface area (Å²) in [5.41, 5.74) is 0. The van der Waals surface area contributed by atoms with Gasteiger partial charge in [0.25, 0.3) is 0 Å². The summed E-state index contributed by atoms with van der Waals surface area (Å²) in [6.45, 7) is 3.82. The molecule has 1 amide bonds. The summed E-state index contributed by atoms with van der Waals surface area (Å²) < 4.78 is 5.90. The standard InChI is InChI=1S/C18H26N4O2S/c1-25-18-19-7-6-16(20-18)22-9-13-8-21(10-15(22)12-24-11-13)17(23)14-4-2-3-5-14/h6-7,13-15H,2-5,8-12H2,1H3/t13-,15-/m0/s1. The van der Waals surface area contributed by atoms with E-state index < -0.39 is 0 Å². The van der Waals surface area contributed by atoms with Gasteiger partial charge in [-0.1, -0.05) is 24.6 Å². The lowest BCUT2D eigenvalue weighted by atomic mass is 10.0. The minimum atomic E-state index is 0.169. The smallest absolute Gasteiger partial charge is 0.225 e. The molecule has 0 aromatic carbocycles. The zero-order chi connectivity index (χ0) is 17.2. The molecule has 3 heterocycles. The van der Waals surface area contributed by atoms with Crippen LogP contribution < -0.4 is 4.90 Å². The van der Waals surface area contributed by atoms with Crippen LogP contribution in [0.4, 0.5) is 5.82 Å². The highest BCUT2D eigenvalue weighted by Crippen LogP contribution is 2.30. The number of ether oxygens (including phenoxy) is 1. The second-order valence-corrected chi connectivity index (χ2v) is 8.11. The minimum Gasteiger partial charge on any atom is -0.379 e. The van der Waals surface area contributed by atoms with Gasteiger partial charge in [0.15, 0.2) is 5.16 Å². The number of amides is 1. The van der Waals surface area contributed by atoms with Crippen molar-refractivity contribution in [2.75, 3.05) is 44.0 Å².